The third-order valence-electron chi connectivity index (χ3n) is 12.5. The van der Waals surface area contributed by atoms with E-state index >= 15 is 0 Å². The number of aromatic hydroxyl groups is 1. The number of anilines is 1. The van der Waals surface area contributed by atoms with Crippen molar-refractivity contribution in [3.63, 3.8) is 0 Å². The summed E-state index contributed by atoms with van der Waals surface area (Å²) in [5.41, 5.74) is 8.91. The first-order valence-corrected chi connectivity index (χ1v) is 17.1. The van der Waals surface area contributed by atoms with Crippen LogP contribution in [-0.4, -0.2) is 102 Å². The Bertz CT molecular complexity index is 1600. The molecule has 9 nitrogen and oxygen atoms in total. The molecule has 1 aromatic carbocycles. The van der Waals surface area contributed by atoms with Gasteiger partial charge in [0.1, 0.15) is 0 Å². The number of carbonyl (C=O) groups is 2. The number of carbonyl (C=O) groups excluding carboxylic acids is 2. The van der Waals surface area contributed by atoms with E-state index in [0.29, 0.717) is 30.7 Å². The Balaban J connectivity index is 1.41. The number of likely N-dealkylation sites (N-methyl/N-ethyl adjacent to an activating group) is 1. The zero-order valence-electron chi connectivity index (χ0n) is 28.2. The molecule has 11 heteroatoms. The van der Waals surface area contributed by atoms with E-state index in [1.54, 1.807) is 25.1 Å². The molecule has 6 aliphatic rings. The number of hydrogen-bond acceptors (Lipinski definition) is 8. The molecule has 247 valence electrons. The van der Waals surface area contributed by atoms with Gasteiger partial charge in [0.25, 0.3) is 0 Å². The van der Waals surface area contributed by atoms with Crippen molar-refractivity contribution in [2.75, 3.05) is 46.2 Å². The summed E-state index contributed by atoms with van der Waals surface area (Å²) < 4.78 is 0. The van der Waals surface area contributed by atoms with Gasteiger partial charge in [0.15, 0.2) is 0 Å². The van der Waals surface area contributed by atoms with Crippen molar-refractivity contribution in [1.29, 1.82) is 0 Å². The molecule has 6 aliphatic carbocycles. The van der Waals surface area contributed by atoms with Crippen LogP contribution in [0.1, 0.15) is 56.7 Å². The molecule has 0 aromatic heterocycles. The molecule has 2 bridgehead atoms. The summed E-state index contributed by atoms with van der Waals surface area (Å²) in [6, 6.07) is 1.05. The van der Waals surface area contributed by atoms with Crippen molar-refractivity contribution in [3.8, 4) is 5.75 Å². The summed E-state index contributed by atoms with van der Waals surface area (Å²) in [4.78, 5) is 33.2. The molecule has 1 aromatic rings. The Kier molecular flexibility index (Phi) is 8.09. The predicted molar refractivity (Wildman–Crippen MR) is 186 cm³/mol. The van der Waals surface area contributed by atoms with E-state index < -0.39 is 28.8 Å². The standard InChI is InChI=1S/C35H49BN4O5P/c1-8-40(14-17-9-19-13-21(17)34(19,2)3)15-18-12-23(41)25-20(27(18)38(4)5)10-16-11-22-28(39(6)7)30(43)26(33(37)45)31(36)35(22,46)32(44)24(16)29(25)42/h12,16-17,19,21-22,28,41-43H,8-11,13-15,46H2,1-7H3,(H2,37,45)/t16-,17+,19?,21?,22-,28-,35+/m0/s1. The fourth-order valence-corrected chi connectivity index (χ4v) is 10.7. The van der Waals surface area contributed by atoms with Crippen LogP contribution in [0, 0.1) is 35.0 Å². The Labute approximate surface area is 276 Å². The zero-order chi connectivity index (χ0) is 33.8. The van der Waals surface area contributed by atoms with Crippen LogP contribution < -0.4 is 10.6 Å². The molecule has 5 N–H and O–H groups in total. The van der Waals surface area contributed by atoms with Crippen molar-refractivity contribution in [1.82, 2.24) is 9.80 Å². The van der Waals surface area contributed by atoms with Crippen LogP contribution in [-0.2, 0) is 22.6 Å². The summed E-state index contributed by atoms with van der Waals surface area (Å²) in [7, 11) is 16.6. The minimum absolute atomic E-state index is 0.0609. The van der Waals surface area contributed by atoms with E-state index in [9.17, 15) is 24.9 Å². The third kappa shape index (κ3) is 4.57. The number of ketones is 1. The number of phenols is 1. The van der Waals surface area contributed by atoms with Gasteiger partial charge >= 0.3 is 220 Å². The first-order valence-electron chi connectivity index (χ1n) is 16.5. The van der Waals surface area contributed by atoms with Crippen LogP contribution in [0.5, 0.6) is 5.75 Å². The number of phenolic OH excluding ortho intramolecular Hbond substituents is 1. The van der Waals surface area contributed by atoms with Crippen LogP contribution in [0.3, 0.4) is 0 Å². The van der Waals surface area contributed by atoms with E-state index in [2.05, 4.69) is 34.9 Å². The first kappa shape index (κ1) is 33.2. The van der Waals surface area contributed by atoms with E-state index in [1.807, 2.05) is 19.0 Å². The van der Waals surface area contributed by atoms with Gasteiger partial charge in [-0.25, -0.2) is 0 Å². The molecule has 0 heterocycles. The number of aliphatic hydroxyl groups is 2. The number of nitrogens with zero attached hydrogens (tertiary/aromatic N) is 3. The van der Waals surface area contributed by atoms with Gasteiger partial charge in [-0.05, 0) is 36.0 Å². The summed E-state index contributed by atoms with van der Waals surface area (Å²) in [5, 5.41) is 33.1. The predicted octanol–water partition coefficient (Wildman–Crippen LogP) is 3.19. The molecule has 3 unspecified atom stereocenters. The molecule has 1 amide bonds. The molecule has 0 spiro atoms. The van der Waals surface area contributed by atoms with Crippen LogP contribution in [0.4, 0.5) is 5.69 Å². The average Bonchev–Trinajstić information content (AvgIpc) is 3.50. The molecule has 46 heavy (non-hydrogen) atoms. The number of Topliss-reactive ketones (excluding diaryl/α,β-unsaturated/α-hetero) is 1. The SMILES string of the molecule is [B]=C1C(C(N)=O)=C(O)[C@@H](N(C)C)[C@@H]2C[C@@H]3Cc4c(c(O)cc(CN(CC)C[C@H]5CC6CC5C6(C)C)c4N(C)C)C(O)=C3C(=O)[C@]12P. The number of fused-ring (bicyclic) bond motifs is 4. The summed E-state index contributed by atoms with van der Waals surface area (Å²) in [5.74, 6) is -0.560. The topological polar surface area (TPSA) is 131 Å². The summed E-state index contributed by atoms with van der Waals surface area (Å²) >= 11 is 0. The minimum atomic E-state index is -1.47. The second kappa shape index (κ2) is 11.2. The quantitative estimate of drug-likeness (QED) is 0.250. The number of aliphatic hydroxyl groups excluding tert-OH is 2. The number of amides is 1. The number of nitrogens with two attached hydrogens (primary N) is 1. The monoisotopic (exact) mass is 647 g/mol. The van der Waals surface area contributed by atoms with Crippen molar-refractivity contribution >= 4 is 45.3 Å². The summed E-state index contributed by atoms with van der Waals surface area (Å²) in [6.45, 7) is 9.58. The first-order chi connectivity index (χ1) is 21.5. The van der Waals surface area contributed by atoms with Gasteiger partial charge in [-0.2, -0.15) is 0 Å². The fourth-order valence-electron chi connectivity index (χ4n) is 10.1. The second-order valence-electron chi connectivity index (χ2n) is 15.5. The van der Waals surface area contributed by atoms with Crippen molar-refractivity contribution in [3.05, 3.63) is 39.7 Å². The average molecular weight is 648 g/mol. The fraction of sp³-hybridized carbons (Fsp3) is 0.629. The number of hydrogen-bond donors (Lipinski definition) is 4. The van der Waals surface area contributed by atoms with Crippen LogP contribution >= 0.6 is 9.24 Å². The Morgan fingerprint density at radius 1 is 1.11 bits per heavy atom. The molecule has 4 saturated carbocycles. The zero-order valence-corrected chi connectivity index (χ0v) is 29.4. The normalized spacial score (nSPS) is 32.8. The number of rotatable bonds is 8. The third-order valence-corrected chi connectivity index (χ3v) is 13.5. The van der Waals surface area contributed by atoms with E-state index in [-0.39, 0.29) is 45.4 Å². The number of allylic oxidation sites excluding steroid dienone is 1. The van der Waals surface area contributed by atoms with Gasteiger partial charge in [0.2, 0.25) is 0 Å². The molecule has 8 atom stereocenters. The Morgan fingerprint density at radius 2 is 1.78 bits per heavy atom. The van der Waals surface area contributed by atoms with Crippen molar-refractivity contribution in [2.45, 2.75) is 64.2 Å². The van der Waals surface area contributed by atoms with Gasteiger partial charge in [-0.3, -0.25) is 0 Å². The maximum atomic E-state index is 14.5. The maximum absolute atomic E-state index is 14.5. The molecule has 4 fully saturated rings. The number of benzene rings is 1. The van der Waals surface area contributed by atoms with Gasteiger partial charge < -0.3 is 0 Å². The van der Waals surface area contributed by atoms with Crippen LogP contribution in [0.2, 0.25) is 0 Å². The Hall–Kier alpha value is -2.68. The van der Waals surface area contributed by atoms with Crippen molar-refractivity contribution in [2.24, 2.45) is 40.7 Å². The second-order valence-corrected chi connectivity index (χ2v) is 16.4. The molecule has 0 saturated heterocycles. The summed E-state index contributed by atoms with van der Waals surface area (Å²) in [6.07, 6.45) is 3.44. The van der Waals surface area contributed by atoms with Crippen LogP contribution in [0.15, 0.2) is 23.0 Å². The van der Waals surface area contributed by atoms with Gasteiger partial charge in [-0.15, -0.1) is 0 Å². The van der Waals surface area contributed by atoms with E-state index in [4.69, 9.17) is 13.2 Å². The van der Waals surface area contributed by atoms with E-state index in [1.165, 1.54) is 12.8 Å². The molecule has 1 radical (unpaired) electrons. The molecular weight excluding hydrogens is 598 g/mol. The van der Waals surface area contributed by atoms with E-state index in [0.717, 1.165) is 41.7 Å². The molecular formula is C35H49BN4O5P. The van der Waals surface area contributed by atoms with Gasteiger partial charge in [0.05, 0.1) is 0 Å². The van der Waals surface area contributed by atoms with Crippen molar-refractivity contribution < 1.29 is 24.9 Å². The number of primary amides is 1. The van der Waals surface area contributed by atoms with Gasteiger partial charge in [-0.1, -0.05) is 20.8 Å². The molecule has 0 aliphatic heterocycles. The van der Waals surface area contributed by atoms with Crippen LogP contribution in [0.25, 0.3) is 5.76 Å². The Morgan fingerprint density at radius 3 is 2.30 bits per heavy atom. The van der Waals surface area contributed by atoms with Gasteiger partial charge in [0, 0.05) is 0 Å². The molecule has 7 rings (SSSR count).